The van der Waals surface area contributed by atoms with Gasteiger partial charge < -0.3 is 15.4 Å². The molecule has 2 N–H and O–H groups in total. The number of ether oxygens (including phenoxy) is 1. The summed E-state index contributed by atoms with van der Waals surface area (Å²) in [5, 5.41) is 0. The van der Waals surface area contributed by atoms with E-state index in [0.29, 0.717) is 45.9 Å². The molecule has 2 saturated heterocycles. The van der Waals surface area contributed by atoms with Crippen LogP contribution < -0.4 is 5.73 Å². The first-order chi connectivity index (χ1) is 9.64. The molecule has 2 aliphatic heterocycles. The molecule has 0 aliphatic carbocycles. The van der Waals surface area contributed by atoms with Crippen LogP contribution in [0.2, 0.25) is 0 Å². The van der Waals surface area contributed by atoms with Crippen LogP contribution in [0.25, 0.3) is 0 Å². The van der Waals surface area contributed by atoms with Gasteiger partial charge in [-0.2, -0.15) is 17.0 Å². The number of hydrogen-bond acceptors (Lipinski definition) is 5. The summed E-state index contributed by atoms with van der Waals surface area (Å²) in [5.74, 6) is 0. The van der Waals surface area contributed by atoms with Crippen molar-refractivity contribution in [1.29, 1.82) is 0 Å². The Labute approximate surface area is 121 Å². The summed E-state index contributed by atoms with van der Waals surface area (Å²) in [5.41, 5.74) is 5.53. The summed E-state index contributed by atoms with van der Waals surface area (Å²) < 4.78 is 33.5. The van der Waals surface area contributed by atoms with Gasteiger partial charge in [-0.1, -0.05) is 0 Å². The molecule has 0 spiro atoms. The first kappa shape index (κ1) is 16.1. The van der Waals surface area contributed by atoms with Gasteiger partial charge in [0.1, 0.15) is 0 Å². The molecule has 2 heterocycles. The SMILES string of the molecule is NCCCN1CCCN(S(=O)(=O)N2CCOCC2)CC1. The molecule has 2 rings (SSSR count). The summed E-state index contributed by atoms with van der Waals surface area (Å²) in [7, 11) is -3.32. The first-order valence-corrected chi connectivity index (χ1v) is 8.79. The highest BCUT2D eigenvalue weighted by molar-refractivity contribution is 7.86. The van der Waals surface area contributed by atoms with Crippen LogP contribution in [0, 0.1) is 0 Å². The third kappa shape index (κ3) is 4.12. The maximum atomic E-state index is 12.6. The molecule has 0 unspecified atom stereocenters. The number of rotatable bonds is 5. The van der Waals surface area contributed by atoms with Gasteiger partial charge in [-0.3, -0.25) is 0 Å². The van der Waals surface area contributed by atoms with Crippen molar-refractivity contribution in [3.8, 4) is 0 Å². The second kappa shape index (κ2) is 7.67. The van der Waals surface area contributed by atoms with E-state index >= 15 is 0 Å². The number of hydrogen-bond donors (Lipinski definition) is 1. The maximum absolute atomic E-state index is 12.6. The predicted octanol–water partition coefficient (Wildman–Crippen LogP) is -1.08. The lowest BCUT2D eigenvalue weighted by Crippen LogP contribution is -2.49. The number of nitrogens with two attached hydrogens (primary N) is 1. The third-order valence-corrected chi connectivity index (χ3v) is 5.88. The molecule has 0 amide bonds. The highest BCUT2D eigenvalue weighted by Gasteiger charge is 2.31. The van der Waals surface area contributed by atoms with Gasteiger partial charge in [0.05, 0.1) is 13.2 Å². The fourth-order valence-electron chi connectivity index (χ4n) is 2.66. The lowest BCUT2D eigenvalue weighted by Gasteiger charge is -2.31. The van der Waals surface area contributed by atoms with Gasteiger partial charge in [0.15, 0.2) is 0 Å². The molecule has 0 bridgehead atoms. The molecule has 118 valence electrons. The Morgan fingerprint density at radius 3 is 2.35 bits per heavy atom. The Kier molecular flexibility index (Phi) is 6.19. The van der Waals surface area contributed by atoms with E-state index in [2.05, 4.69) is 4.90 Å². The maximum Gasteiger partial charge on any atom is 0.282 e. The first-order valence-electron chi connectivity index (χ1n) is 7.40. The average Bonchev–Trinajstić information content (AvgIpc) is 2.72. The summed E-state index contributed by atoms with van der Waals surface area (Å²) in [6.07, 6.45) is 1.85. The van der Waals surface area contributed by atoms with Crippen LogP contribution in [-0.4, -0.2) is 87.5 Å². The van der Waals surface area contributed by atoms with E-state index in [1.807, 2.05) is 0 Å². The highest BCUT2D eigenvalue weighted by atomic mass is 32.2. The number of nitrogens with zero attached hydrogens (tertiary/aromatic N) is 3. The molecule has 2 fully saturated rings. The summed E-state index contributed by atoms with van der Waals surface area (Å²) in [6, 6.07) is 0. The van der Waals surface area contributed by atoms with E-state index < -0.39 is 10.2 Å². The largest absolute Gasteiger partial charge is 0.379 e. The normalized spacial score (nSPS) is 24.6. The van der Waals surface area contributed by atoms with Gasteiger partial charge in [0.2, 0.25) is 0 Å². The van der Waals surface area contributed by atoms with Crippen LogP contribution in [0.3, 0.4) is 0 Å². The zero-order chi connectivity index (χ0) is 14.4. The highest BCUT2D eigenvalue weighted by Crippen LogP contribution is 2.14. The average molecular weight is 306 g/mol. The monoisotopic (exact) mass is 306 g/mol. The fraction of sp³-hybridized carbons (Fsp3) is 1.00. The van der Waals surface area contributed by atoms with Gasteiger partial charge in [0.25, 0.3) is 10.2 Å². The van der Waals surface area contributed by atoms with Crippen LogP contribution in [0.4, 0.5) is 0 Å². The molecule has 0 aromatic carbocycles. The van der Waals surface area contributed by atoms with Crippen LogP contribution in [-0.2, 0) is 14.9 Å². The topological polar surface area (TPSA) is 79.1 Å². The zero-order valence-corrected chi connectivity index (χ0v) is 12.9. The van der Waals surface area contributed by atoms with Crippen molar-refractivity contribution in [3.63, 3.8) is 0 Å². The minimum Gasteiger partial charge on any atom is -0.379 e. The van der Waals surface area contributed by atoms with Crippen LogP contribution in [0.15, 0.2) is 0 Å². The van der Waals surface area contributed by atoms with Crippen molar-refractivity contribution < 1.29 is 13.2 Å². The number of morpholine rings is 1. The van der Waals surface area contributed by atoms with E-state index in [4.69, 9.17) is 10.5 Å². The lowest BCUT2D eigenvalue weighted by molar-refractivity contribution is 0.0702. The standard InChI is InChI=1S/C12H26N4O3S/c13-3-1-4-14-5-2-6-15(8-7-14)20(17,18)16-9-11-19-12-10-16/h1-13H2. The molecule has 0 radical (unpaired) electrons. The second-order valence-corrected chi connectivity index (χ2v) is 7.18. The molecule has 0 aromatic heterocycles. The van der Waals surface area contributed by atoms with Crippen molar-refractivity contribution in [2.24, 2.45) is 5.73 Å². The smallest absolute Gasteiger partial charge is 0.282 e. The van der Waals surface area contributed by atoms with E-state index in [1.54, 1.807) is 8.61 Å². The molecule has 0 aromatic rings. The Morgan fingerprint density at radius 2 is 1.65 bits per heavy atom. The van der Waals surface area contributed by atoms with Gasteiger partial charge in [-0.05, 0) is 32.5 Å². The minimum atomic E-state index is -3.32. The van der Waals surface area contributed by atoms with Crippen LogP contribution >= 0.6 is 0 Å². The Balaban J connectivity index is 1.91. The van der Waals surface area contributed by atoms with Crippen LogP contribution in [0.5, 0.6) is 0 Å². The van der Waals surface area contributed by atoms with Gasteiger partial charge in [-0.15, -0.1) is 0 Å². The van der Waals surface area contributed by atoms with Crippen molar-refractivity contribution >= 4 is 10.2 Å². The summed E-state index contributed by atoms with van der Waals surface area (Å²) in [4.78, 5) is 2.31. The fourth-order valence-corrected chi connectivity index (χ4v) is 4.27. The summed E-state index contributed by atoms with van der Waals surface area (Å²) >= 11 is 0. The van der Waals surface area contributed by atoms with Crippen molar-refractivity contribution in [3.05, 3.63) is 0 Å². The molecule has 20 heavy (non-hydrogen) atoms. The van der Waals surface area contributed by atoms with Crippen LogP contribution in [0.1, 0.15) is 12.8 Å². The van der Waals surface area contributed by atoms with E-state index in [1.165, 1.54) is 0 Å². The van der Waals surface area contributed by atoms with Crippen molar-refractivity contribution in [1.82, 2.24) is 13.5 Å². The molecule has 0 saturated carbocycles. The van der Waals surface area contributed by atoms with Gasteiger partial charge in [0, 0.05) is 32.7 Å². The second-order valence-electron chi connectivity index (χ2n) is 5.26. The lowest BCUT2D eigenvalue weighted by atomic mass is 10.3. The Hall–Kier alpha value is -0.250. The van der Waals surface area contributed by atoms with Crippen molar-refractivity contribution in [2.75, 3.05) is 65.6 Å². The van der Waals surface area contributed by atoms with E-state index in [9.17, 15) is 8.42 Å². The molecule has 8 heteroatoms. The molecule has 0 atom stereocenters. The molecular weight excluding hydrogens is 280 g/mol. The Bertz CT molecular complexity index is 384. The quantitative estimate of drug-likeness (QED) is 0.699. The summed E-state index contributed by atoms with van der Waals surface area (Å²) in [6.45, 7) is 6.51. The third-order valence-electron chi connectivity index (χ3n) is 3.85. The minimum absolute atomic E-state index is 0.468. The molecular formula is C12H26N4O3S. The van der Waals surface area contributed by atoms with E-state index in [-0.39, 0.29) is 0 Å². The van der Waals surface area contributed by atoms with Crippen molar-refractivity contribution in [2.45, 2.75) is 12.8 Å². The van der Waals surface area contributed by atoms with E-state index in [0.717, 1.165) is 32.5 Å². The molecule has 7 nitrogen and oxygen atoms in total. The molecule has 2 aliphatic rings. The van der Waals surface area contributed by atoms with Gasteiger partial charge >= 0.3 is 0 Å². The zero-order valence-electron chi connectivity index (χ0n) is 12.0. The Morgan fingerprint density at radius 1 is 0.950 bits per heavy atom. The van der Waals surface area contributed by atoms with Gasteiger partial charge in [-0.25, -0.2) is 0 Å². The predicted molar refractivity (Wildman–Crippen MR) is 77.6 cm³/mol.